The summed E-state index contributed by atoms with van der Waals surface area (Å²) >= 11 is 0. The van der Waals surface area contributed by atoms with Crippen molar-refractivity contribution < 1.29 is 30.1 Å². The lowest BCUT2D eigenvalue weighted by atomic mass is 9.77. The summed E-state index contributed by atoms with van der Waals surface area (Å²) in [7, 11) is -4.65. The van der Waals surface area contributed by atoms with E-state index in [-0.39, 0.29) is 0 Å². The molecule has 21 aromatic rings. The molecule has 0 spiro atoms. The molecule has 21 rings (SSSR count). The third-order valence-corrected chi connectivity index (χ3v) is 22.2. The highest BCUT2D eigenvalue weighted by molar-refractivity contribution is 6.64. The number of pyridine rings is 4. The predicted molar refractivity (Wildman–Crippen MR) is 492 cm³/mol. The number of rotatable bonds is 15. The van der Waals surface area contributed by atoms with Gasteiger partial charge in [-0.1, -0.05) is 261 Å². The van der Waals surface area contributed by atoms with E-state index < -0.39 is 21.4 Å². The Kier molecular flexibility index (Phi) is 20.6. The molecule has 570 valence electrons. The van der Waals surface area contributed by atoms with Crippen LogP contribution in [0.5, 0.6) is 0 Å². The van der Waals surface area contributed by atoms with Gasteiger partial charge in [-0.05, 0) is 189 Å². The third kappa shape index (κ3) is 14.7. The minimum Gasteiger partial charge on any atom is -0.423 e. The van der Waals surface area contributed by atoms with Gasteiger partial charge in [-0.3, -0.25) is 9.97 Å². The van der Waals surface area contributed by atoms with Crippen LogP contribution in [-0.4, -0.2) is 85.1 Å². The van der Waals surface area contributed by atoms with Crippen LogP contribution in [0.25, 0.3) is 183 Å². The van der Waals surface area contributed by atoms with Gasteiger partial charge < -0.3 is 43.8 Å². The molecule has 16 heteroatoms. The lowest BCUT2D eigenvalue weighted by molar-refractivity contribution is 0.425. The van der Waals surface area contributed by atoms with Crippen molar-refractivity contribution >= 4 is 103 Å². The smallest absolute Gasteiger partial charge is 0.423 e. The van der Waals surface area contributed by atoms with Gasteiger partial charge in [-0.25, -0.2) is 9.97 Å². The number of para-hydroxylation sites is 3. The number of hydrogen-bond donors (Lipinski definition) is 6. The molecule has 14 aromatic carbocycles. The van der Waals surface area contributed by atoms with Gasteiger partial charge in [0, 0.05) is 95.2 Å². The molecule has 7 aromatic heterocycles. The van der Waals surface area contributed by atoms with E-state index >= 15 is 0 Å². The van der Waals surface area contributed by atoms with Crippen LogP contribution in [0.1, 0.15) is 0 Å². The number of benzene rings is 14. The highest BCUT2D eigenvalue weighted by atomic mass is 16.4. The zero-order valence-electron chi connectivity index (χ0n) is 64.8. The summed E-state index contributed by atoms with van der Waals surface area (Å²) < 4.78 is 6.52. The van der Waals surface area contributed by atoms with Crippen LogP contribution >= 0.6 is 0 Å². The van der Waals surface area contributed by atoms with Gasteiger partial charge in [0.2, 0.25) is 0 Å². The van der Waals surface area contributed by atoms with Crippen LogP contribution in [0.2, 0.25) is 0 Å². The fourth-order valence-electron chi connectivity index (χ4n) is 16.6. The van der Waals surface area contributed by atoms with Crippen LogP contribution in [0.4, 0.5) is 0 Å². The van der Waals surface area contributed by atoms with Gasteiger partial charge in [0.05, 0.1) is 67.3 Å². The monoisotopic (exact) mass is 1550 g/mol. The molecule has 120 heavy (non-hydrogen) atoms. The Balaban J connectivity index is 0.000000119. The van der Waals surface area contributed by atoms with Crippen LogP contribution < -0.4 is 16.4 Å². The van der Waals surface area contributed by atoms with Crippen LogP contribution in [0.15, 0.2) is 413 Å². The number of aromatic nitrogens is 7. The Bertz CT molecular complexity index is 6420. The van der Waals surface area contributed by atoms with Gasteiger partial charge in [-0.2, -0.15) is 0 Å². The van der Waals surface area contributed by atoms with Crippen molar-refractivity contribution in [2.24, 2.45) is 0 Å². The van der Waals surface area contributed by atoms with Crippen molar-refractivity contribution in [3.63, 3.8) is 0 Å². The first-order chi connectivity index (χ1) is 59.0. The second-order valence-corrected chi connectivity index (χ2v) is 29.5. The SMILES string of the molecule is OB(O)c1cccc2c1c1ccccc1n2-c1ccc(-c2cc(-c3ccccc3)cc(-c3ccccc3)n2)cc1.OB(O)c1cccc2c1c1ccccc1n2-c1ccc(-c2cc(-c3ccccc3)nc(-c3ccccc3)c2)cc1.OB(O)c1cccc2c1c1ccccc1n2-c1ccc(-c2cc(-c3ccccn3)cc(-c3ccccn3)c2)cc1. The topological polar surface area (TPSA) is 188 Å². The molecular weight excluding hydrogens is 1480 g/mol. The minimum atomic E-state index is -1.55. The Hall–Kier alpha value is -15.0. The molecule has 0 atom stereocenters. The van der Waals surface area contributed by atoms with E-state index in [0.717, 1.165) is 183 Å². The van der Waals surface area contributed by atoms with Crippen molar-refractivity contribution in [2.75, 3.05) is 0 Å². The van der Waals surface area contributed by atoms with Crippen molar-refractivity contribution in [1.29, 1.82) is 0 Å². The summed E-state index contributed by atoms with van der Waals surface area (Å²) in [6.45, 7) is 0. The van der Waals surface area contributed by atoms with E-state index in [2.05, 4.69) is 218 Å². The zero-order chi connectivity index (χ0) is 81.2. The molecule has 0 aliphatic heterocycles. The van der Waals surface area contributed by atoms with Gasteiger partial charge in [0.25, 0.3) is 0 Å². The van der Waals surface area contributed by atoms with E-state index in [9.17, 15) is 30.1 Å². The van der Waals surface area contributed by atoms with Crippen molar-refractivity contribution in [2.45, 2.75) is 0 Å². The maximum atomic E-state index is 10.1. The molecule has 0 aliphatic rings. The standard InChI is InChI=1S/2C35H25BN2O2.C34H24BN3O2/c39-36(40)30-15-9-17-34-35(30)29-14-7-8-16-33(29)38(34)28-20-18-24(19-21-28)27-22-31(25-10-3-1-4-11-25)37-32(23-27)26-12-5-2-6-13-26;39-36(40)30-15-9-17-34-35(30)29-14-7-8-16-33(29)38(34)28-20-18-26(19-21-28)32-23-27(24-10-3-1-4-11-24)22-31(37-32)25-12-5-2-6-13-25;39-35(40)29-9-7-13-33-34(29)28-8-1-2-12-32(28)38(33)27-16-14-23(15-17-27)24-20-25(30-10-3-5-18-36-30)22-26(21-24)31-11-4-6-19-37-31/h2*1-23,39-40H;1-22,39-40H. The number of fused-ring (bicyclic) bond motifs is 9. The fraction of sp³-hybridized carbons (Fsp3) is 0. The van der Waals surface area contributed by atoms with E-state index in [1.165, 1.54) is 0 Å². The molecule has 0 saturated carbocycles. The highest BCUT2D eigenvalue weighted by Crippen LogP contribution is 2.40. The Morgan fingerprint density at radius 2 is 0.433 bits per heavy atom. The summed E-state index contributed by atoms with van der Waals surface area (Å²) in [5.41, 5.74) is 28.7. The summed E-state index contributed by atoms with van der Waals surface area (Å²) in [6, 6.07) is 135. The first-order valence-electron chi connectivity index (χ1n) is 39.7. The number of nitrogens with zero attached hydrogens (tertiary/aromatic N) is 7. The maximum Gasteiger partial charge on any atom is 0.489 e. The minimum absolute atomic E-state index is 0.498. The summed E-state index contributed by atoms with van der Waals surface area (Å²) in [5.74, 6) is 0. The van der Waals surface area contributed by atoms with Gasteiger partial charge in [-0.15, -0.1) is 0 Å². The van der Waals surface area contributed by atoms with Crippen molar-refractivity contribution in [3.05, 3.63) is 413 Å². The molecular formula is C104H74B3N7O6. The normalized spacial score (nSPS) is 11.2. The molecule has 0 fully saturated rings. The summed E-state index contributed by atoms with van der Waals surface area (Å²) in [5, 5.41) is 65.9. The van der Waals surface area contributed by atoms with Crippen LogP contribution in [0, 0.1) is 0 Å². The van der Waals surface area contributed by atoms with Gasteiger partial charge in [0.15, 0.2) is 0 Å². The molecule has 7 heterocycles. The second kappa shape index (κ2) is 33.0. The molecule has 0 unspecified atom stereocenters. The fourth-order valence-corrected chi connectivity index (χ4v) is 16.6. The second-order valence-electron chi connectivity index (χ2n) is 29.5. The van der Waals surface area contributed by atoms with E-state index in [1.54, 1.807) is 18.2 Å². The Labute approximate surface area is 693 Å². The van der Waals surface area contributed by atoms with Crippen LogP contribution in [-0.2, 0) is 0 Å². The predicted octanol–water partition coefficient (Wildman–Crippen LogP) is 20.0. The number of hydrogen-bond acceptors (Lipinski definition) is 10. The molecule has 0 aliphatic carbocycles. The molecule has 0 amide bonds. The van der Waals surface area contributed by atoms with Crippen molar-refractivity contribution in [3.8, 4) is 118 Å². The lowest BCUT2D eigenvalue weighted by Gasteiger charge is -2.12. The molecule has 6 N–H and O–H groups in total. The highest BCUT2D eigenvalue weighted by Gasteiger charge is 2.25. The van der Waals surface area contributed by atoms with E-state index in [4.69, 9.17) is 9.97 Å². The summed E-state index contributed by atoms with van der Waals surface area (Å²) in [6.07, 6.45) is 3.62. The Morgan fingerprint density at radius 3 is 0.742 bits per heavy atom. The van der Waals surface area contributed by atoms with E-state index in [0.29, 0.717) is 16.4 Å². The zero-order valence-corrected chi connectivity index (χ0v) is 64.8. The molecule has 0 radical (unpaired) electrons. The summed E-state index contributed by atoms with van der Waals surface area (Å²) in [4.78, 5) is 19.2. The van der Waals surface area contributed by atoms with Gasteiger partial charge >= 0.3 is 21.4 Å². The quantitative estimate of drug-likeness (QED) is 0.0539. The largest absolute Gasteiger partial charge is 0.489 e. The molecule has 0 saturated heterocycles. The Morgan fingerprint density at radius 1 is 0.183 bits per heavy atom. The maximum absolute atomic E-state index is 10.1. The van der Waals surface area contributed by atoms with Crippen LogP contribution in [0.3, 0.4) is 0 Å². The van der Waals surface area contributed by atoms with E-state index in [1.807, 2.05) is 200 Å². The van der Waals surface area contributed by atoms with Crippen molar-refractivity contribution in [1.82, 2.24) is 33.6 Å². The first kappa shape index (κ1) is 75.1. The van der Waals surface area contributed by atoms with Gasteiger partial charge in [0.1, 0.15) is 0 Å². The molecule has 13 nitrogen and oxygen atoms in total. The lowest BCUT2D eigenvalue weighted by Crippen LogP contribution is -2.30. The third-order valence-electron chi connectivity index (χ3n) is 22.2. The first-order valence-corrected chi connectivity index (χ1v) is 39.7. The molecule has 0 bridgehead atoms. The average Bonchev–Trinajstić information content (AvgIpc) is 1.59. The average molecular weight is 1550 g/mol.